The summed E-state index contributed by atoms with van der Waals surface area (Å²) in [6, 6.07) is 15.6. The van der Waals surface area contributed by atoms with Crippen LogP contribution in [-0.2, 0) is 4.79 Å². The molecule has 0 heterocycles. The Morgan fingerprint density at radius 2 is 1.79 bits per heavy atom. The van der Waals surface area contributed by atoms with E-state index in [0.717, 1.165) is 11.3 Å². The summed E-state index contributed by atoms with van der Waals surface area (Å²) >= 11 is 0. The molecule has 2 aromatic carbocycles. The normalized spacial score (nSPS) is 11.5. The smallest absolute Gasteiger partial charge is 0.319 e. The molecule has 6 nitrogen and oxygen atoms in total. The van der Waals surface area contributed by atoms with Gasteiger partial charge in [0.25, 0.3) is 5.91 Å². The number of benzene rings is 2. The van der Waals surface area contributed by atoms with Gasteiger partial charge in [0.05, 0.1) is 0 Å². The number of nitrogens with two attached hydrogens (primary N) is 2. The molecular weight excluding hydrogens is 306 g/mol. The number of carbonyl (C=O) groups is 2. The minimum atomic E-state index is -0.856. The van der Waals surface area contributed by atoms with E-state index in [4.69, 9.17) is 10.5 Å². The summed E-state index contributed by atoms with van der Waals surface area (Å²) in [7, 11) is 0. The Bertz CT molecular complexity index is 672. The van der Waals surface area contributed by atoms with Crippen LogP contribution in [0.25, 0.3) is 0 Å². The van der Waals surface area contributed by atoms with Crippen LogP contribution in [0.2, 0.25) is 0 Å². The zero-order valence-electron chi connectivity index (χ0n) is 13.6. The van der Waals surface area contributed by atoms with Gasteiger partial charge in [0.1, 0.15) is 18.9 Å². The second-order valence-electron chi connectivity index (χ2n) is 5.43. The lowest BCUT2D eigenvalue weighted by Crippen LogP contribution is -2.88. The minimum absolute atomic E-state index is 0.441. The van der Waals surface area contributed by atoms with E-state index in [0.29, 0.717) is 13.2 Å². The molecular formula is C18H22N3O3+. The largest absolute Gasteiger partial charge is 0.488 e. The fourth-order valence-corrected chi connectivity index (χ4v) is 2.30. The molecule has 0 bridgehead atoms. The van der Waals surface area contributed by atoms with Crippen LogP contribution in [0.3, 0.4) is 0 Å². The van der Waals surface area contributed by atoms with Gasteiger partial charge in [0.2, 0.25) is 0 Å². The van der Waals surface area contributed by atoms with Crippen molar-refractivity contribution in [1.82, 2.24) is 5.32 Å². The first-order valence-corrected chi connectivity index (χ1v) is 7.74. The topological polar surface area (TPSA) is 98.0 Å². The Kier molecular flexibility index (Phi) is 6.33. The van der Waals surface area contributed by atoms with Crippen molar-refractivity contribution in [3.05, 3.63) is 65.7 Å². The van der Waals surface area contributed by atoms with Crippen LogP contribution in [0.5, 0.6) is 5.75 Å². The third-order valence-corrected chi connectivity index (χ3v) is 3.50. The van der Waals surface area contributed by atoms with Crippen LogP contribution in [0.15, 0.2) is 54.6 Å². The lowest BCUT2D eigenvalue weighted by Gasteiger charge is -2.15. The van der Waals surface area contributed by atoms with Gasteiger partial charge in [-0.25, -0.2) is 4.79 Å². The van der Waals surface area contributed by atoms with Crippen molar-refractivity contribution in [1.29, 1.82) is 0 Å². The molecule has 0 radical (unpaired) electrons. The van der Waals surface area contributed by atoms with E-state index in [1.165, 1.54) is 5.56 Å². The molecule has 0 aliphatic heterocycles. The molecule has 126 valence electrons. The number of quaternary nitrogens is 1. The van der Waals surface area contributed by atoms with Gasteiger partial charge in [0.15, 0.2) is 6.04 Å². The predicted molar refractivity (Wildman–Crippen MR) is 90.4 cm³/mol. The monoisotopic (exact) mass is 328 g/mol. The molecule has 0 spiro atoms. The standard InChI is InChI=1S/C18H21N3O3/c1-13-7-9-15(10-8-13)24-12-11-20-16(17(22)21-18(19)23)14-5-3-2-4-6-14/h2-10,16,20H,11-12H2,1H3,(H3,19,21,22,23)/p+1/t16-/m1/s1. The maximum absolute atomic E-state index is 12.2. The molecule has 24 heavy (non-hydrogen) atoms. The maximum Gasteiger partial charge on any atom is 0.319 e. The number of ether oxygens (including phenoxy) is 1. The second-order valence-corrected chi connectivity index (χ2v) is 5.43. The molecule has 0 aliphatic carbocycles. The minimum Gasteiger partial charge on any atom is -0.488 e. The average Bonchev–Trinajstić information content (AvgIpc) is 2.56. The van der Waals surface area contributed by atoms with Gasteiger partial charge in [-0.15, -0.1) is 0 Å². The van der Waals surface area contributed by atoms with E-state index in [-0.39, 0.29) is 0 Å². The van der Waals surface area contributed by atoms with Crippen molar-refractivity contribution in [2.24, 2.45) is 5.73 Å². The number of carbonyl (C=O) groups excluding carboxylic acids is 2. The van der Waals surface area contributed by atoms with Crippen molar-refractivity contribution in [2.45, 2.75) is 13.0 Å². The molecule has 0 aliphatic rings. The second kappa shape index (κ2) is 8.69. The SMILES string of the molecule is Cc1ccc(OCC[NH2+][C@@H](C(=O)NC(N)=O)c2ccccc2)cc1. The first-order valence-electron chi connectivity index (χ1n) is 7.74. The fourth-order valence-electron chi connectivity index (χ4n) is 2.30. The maximum atomic E-state index is 12.2. The van der Waals surface area contributed by atoms with Gasteiger partial charge < -0.3 is 15.8 Å². The molecule has 0 saturated heterocycles. The van der Waals surface area contributed by atoms with Crippen LogP contribution < -0.4 is 21.1 Å². The number of hydrogen-bond donors (Lipinski definition) is 3. The highest BCUT2D eigenvalue weighted by Crippen LogP contribution is 2.11. The Morgan fingerprint density at radius 1 is 1.12 bits per heavy atom. The van der Waals surface area contributed by atoms with Gasteiger partial charge in [-0.3, -0.25) is 10.1 Å². The predicted octanol–water partition coefficient (Wildman–Crippen LogP) is 0.873. The third kappa shape index (κ3) is 5.40. The number of hydrogen-bond acceptors (Lipinski definition) is 3. The molecule has 5 N–H and O–H groups in total. The highest BCUT2D eigenvalue weighted by Gasteiger charge is 2.24. The third-order valence-electron chi connectivity index (χ3n) is 3.50. The molecule has 0 saturated carbocycles. The lowest BCUT2D eigenvalue weighted by molar-refractivity contribution is -0.683. The van der Waals surface area contributed by atoms with Crippen LogP contribution in [-0.4, -0.2) is 25.1 Å². The molecule has 0 unspecified atom stereocenters. The lowest BCUT2D eigenvalue weighted by atomic mass is 10.1. The number of aryl methyl sites for hydroxylation is 1. The van der Waals surface area contributed by atoms with Crippen molar-refractivity contribution >= 4 is 11.9 Å². The Hall–Kier alpha value is -2.86. The van der Waals surface area contributed by atoms with E-state index in [9.17, 15) is 9.59 Å². The summed E-state index contributed by atoms with van der Waals surface area (Å²) < 4.78 is 5.65. The Labute approximate surface area is 141 Å². The van der Waals surface area contributed by atoms with Crippen molar-refractivity contribution in [2.75, 3.05) is 13.2 Å². The fraction of sp³-hybridized carbons (Fsp3) is 0.222. The average molecular weight is 328 g/mol. The van der Waals surface area contributed by atoms with E-state index in [1.807, 2.05) is 66.8 Å². The molecule has 2 aromatic rings. The molecule has 2 rings (SSSR count). The summed E-state index contributed by atoms with van der Waals surface area (Å²) in [4.78, 5) is 23.1. The quantitative estimate of drug-likeness (QED) is 0.658. The Balaban J connectivity index is 1.92. The van der Waals surface area contributed by atoms with Crippen LogP contribution >= 0.6 is 0 Å². The van der Waals surface area contributed by atoms with Gasteiger partial charge in [-0.1, -0.05) is 48.0 Å². The van der Waals surface area contributed by atoms with Gasteiger partial charge in [-0.05, 0) is 19.1 Å². The zero-order valence-corrected chi connectivity index (χ0v) is 13.6. The molecule has 3 amide bonds. The number of imide groups is 1. The number of primary amides is 1. The highest BCUT2D eigenvalue weighted by molar-refractivity contribution is 5.96. The first-order chi connectivity index (χ1) is 11.6. The Morgan fingerprint density at radius 3 is 2.42 bits per heavy atom. The summed E-state index contributed by atoms with van der Waals surface area (Å²) in [5.41, 5.74) is 7.01. The summed E-state index contributed by atoms with van der Waals surface area (Å²) in [6.07, 6.45) is 0. The van der Waals surface area contributed by atoms with E-state index in [1.54, 1.807) is 0 Å². The molecule has 0 fully saturated rings. The van der Waals surface area contributed by atoms with Crippen LogP contribution in [0.4, 0.5) is 4.79 Å². The number of nitrogens with one attached hydrogen (secondary N) is 1. The summed E-state index contributed by atoms with van der Waals surface area (Å²) in [5.74, 6) is 0.343. The van der Waals surface area contributed by atoms with E-state index >= 15 is 0 Å². The van der Waals surface area contributed by atoms with Crippen LogP contribution in [0.1, 0.15) is 17.2 Å². The van der Waals surface area contributed by atoms with E-state index in [2.05, 4.69) is 5.32 Å². The van der Waals surface area contributed by atoms with Crippen molar-refractivity contribution in [3.63, 3.8) is 0 Å². The molecule has 0 aromatic heterocycles. The van der Waals surface area contributed by atoms with Crippen LogP contribution in [0, 0.1) is 6.92 Å². The molecule has 1 atom stereocenters. The van der Waals surface area contributed by atoms with Gasteiger partial charge in [0, 0.05) is 5.56 Å². The zero-order chi connectivity index (χ0) is 17.4. The number of urea groups is 1. The van der Waals surface area contributed by atoms with Crippen molar-refractivity contribution in [3.8, 4) is 5.75 Å². The summed E-state index contributed by atoms with van der Waals surface area (Å²) in [6.45, 7) is 3.01. The first kappa shape index (κ1) is 17.5. The van der Waals surface area contributed by atoms with Crippen molar-refractivity contribution < 1.29 is 19.6 Å². The number of amides is 3. The van der Waals surface area contributed by atoms with E-state index < -0.39 is 18.0 Å². The van der Waals surface area contributed by atoms with Gasteiger partial charge >= 0.3 is 6.03 Å². The molecule has 6 heteroatoms. The summed E-state index contributed by atoms with van der Waals surface area (Å²) in [5, 5.41) is 3.96. The van der Waals surface area contributed by atoms with Gasteiger partial charge in [-0.2, -0.15) is 0 Å². The number of rotatable bonds is 7. The highest BCUT2D eigenvalue weighted by atomic mass is 16.5.